The average molecular weight is 358 g/mol. The third-order valence-corrected chi connectivity index (χ3v) is 5.87. The molecule has 0 bridgehead atoms. The summed E-state index contributed by atoms with van der Waals surface area (Å²) in [4.78, 5) is 35.8. The van der Waals surface area contributed by atoms with Crippen molar-refractivity contribution in [1.29, 1.82) is 0 Å². The summed E-state index contributed by atoms with van der Waals surface area (Å²) in [5.74, 6) is 0.485. The molecule has 2 aliphatic carbocycles. The molecule has 26 heavy (non-hydrogen) atoms. The van der Waals surface area contributed by atoms with E-state index >= 15 is 0 Å². The highest BCUT2D eigenvalue weighted by Gasteiger charge is 2.30. The number of nitrogens with zero attached hydrogens (tertiary/aromatic N) is 2. The summed E-state index contributed by atoms with van der Waals surface area (Å²) < 4.78 is 1.67. The molecule has 7 heteroatoms. The topological polar surface area (TPSA) is 93.1 Å². The maximum Gasteiger partial charge on any atom is 0.267 e. The van der Waals surface area contributed by atoms with Crippen molar-refractivity contribution in [3.05, 3.63) is 28.2 Å². The van der Waals surface area contributed by atoms with Gasteiger partial charge in [0.1, 0.15) is 0 Å². The van der Waals surface area contributed by atoms with E-state index in [4.69, 9.17) is 0 Å². The van der Waals surface area contributed by atoms with Gasteiger partial charge in [-0.05, 0) is 51.0 Å². The van der Waals surface area contributed by atoms with Crippen LogP contribution in [0.25, 0.3) is 0 Å². The summed E-state index contributed by atoms with van der Waals surface area (Å²) >= 11 is 0. The average Bonchev–Trinajstić information content (AvgIpc) is 3.49. The molecule has 2 amide bonds. The van der Waals surface area contributed by atoms with E-state index in [2.05, 4.69) is 15.7 Å². The Balaban J connectivity index is 1.31. The molecule has 0 aromatic carbocycles. The predicted molar refractivity (Wildman–Crippen MR) is 95.6 cm³/mol. The molecule has 1 atom stereocenters. The molecule has 0 spiro atoms. The van der Waals surface area contributed by atoms with Crippen LogP contribution in [0.3, 0.4) is 0 Å². The van der Waals surface area contributed by atoms with E-state index in [1.54, 1.807) is 10.7 Å². The van der Waals surface area contributed by atoms with E-state index < -0.39 is 0 Å². The van der Waals surface area contributed by atoms with Crippen molar-refractivity contribution in [3.63, 3.8) is 0 Å². The van der Waals surface area contributed by atoms with Crippen molar-refractivity contribution < 1.29 is 9.59 Å². The lowest BCUT2D eigenvalue weighted by Gasteiger charge is -2.31. The number of rotatable bonds is 4. The van der Waals surface area contributed by atoms with Gasteiger partial charge in [0.25, 0.3) is 5.56 Å². The lowest BCUT2D eigenvalue weighted by molar-refractivity contribution is -0.129. The second kappa shape index (κ2) is 7.21. The summed E-state index contributed by atoms with van der Waals surface area (Å²) in [5, 5.41) is 10.5. The monoisotopic (exact) mass is 358 g/mol. The third kappa shape index (κ3) is 3.81. The highest BCUT2D eigenvalue weighted by Crippen LogP contribution is 2.38. The van der Waals surface area contributed by atoms with Gasteiger partial charge < -0.3 is 10.6 Å². The maximum absolute atomic E-state index is 12.4. The standard InChI is InChI=1S/C19H26N4O3/c24-17-9-3-13(11-20-17)19(26)21-14-4-6-15(7-5-14)23-18(25)10-8-16(22-23)12-1-2-12/h8,10,12-15H,1-7,9,11H2,(H,20,24)(H,21,26). The van der Waals surface area contributed by atoms with Crippen molar-refractivity contribution in [2.45, 2.75) is 69.4 Å². The van der Waals surface area contributed by atoms with Crippen LogP contribution in [0.2, 0.25) is 0 Å². The molecular formula is C19H26N4O3. The van der Waals surface area contributed by atoms with Crippen molar-refractivity contribution in [2.75, 3.05) is 6.54 Å². The van der Waals surface area contributed by atoms with Crippen LogP contribution in [-0.2, 0) is 9.59 Å². The molecule has 2 heterocycles. The van der Waals surface area contributed by atoms with Gasteiger partial charge in [-0.2, -0.15) is 5.10 Å². The molecule has 1 aromatic rings. The predicted octanol–water partition coefficient (Wildman–Crippen LogP) is 1.25. The minimum atomic E-state index is -0.120. The highest BCUT2D eigenvalue weighted by molar-refractivity contribution is 5.83. The van der Waals surface area contributed by atoms with Crippen LogP contribution in [0.4, 0.5) is 0 Å². The zero-order valence-electron chi connectivity index (χ0n) is 14.9. The third-order valence-electron chi connectivity index (χ3n) is 5.87. The van der Waals surface area contributed by atoms with Crippen molar-refractivity contribution >= 4 is 11.8 Å². The molecule has 3 aliphatic rings. The molecular weight excluding hydrogens is 332 g/mol. The van der Waals surface area contributed by atoms with E-state index in [9.17, 15) is 14.4 Å². The summed E-state index contributed by atoms with van der Waals surface area (Å²) in [6.07, 6.45) is 6.82. The van der Waals surface area contributed by atoms with Crippen LogP contribution in [0, 0.1) is 5.92 Å². The van der Waals surface area contributed by atoms with Gasteiger partial charge in [-0.3, -0.25) is 14.4 Å². The van der Waals surface area contributed by atoms with Gasteiger partial charge in [-0.15, -0.1) is 0 Å². The molecule has 1 unspecified atom stereocenters. The van der Waals surface area contributed by atoms with Crippen LogP contribution in [0.5, 0.6) is 0 Å². The van der Waals surface area contributed by atoms with Gasteiger partial charge in [0.15, 0.2) is 0 Å². The smallest absolute Gasteiger partial charge is 0.267 e. The van der Waals surface area contributed by atoms with Crippen LogP contribution < -0.4 is 16.2 Å². The van der Waals surface area contributed by atoms with E-state index in [-0.39, 0.29) is 35.4 Å². The fourth-order valence-corrected chi connectivity index (χ4v) is 4.04. The molecule has 140 valence electrons. The fourth-order valence-electron chi connectivity index (χ4n) is 4.04. The molecule has 3 fully saturated rings. The molecule has 1 aliphatic heterocycles. The molecule has 2 N–H and O–H groups in total. The maximum atomic E-state index is 12.4. The van der Waals surface area contributed by atoms with Crippen LogP contribution in [0.15, 0.2) is 16.9 Å². The number of aromatic nitrogens is 2. The lowest BCUT2D eigenvalue weighted by atomic mass is 9.90. The number of hydrogen-bond acceptors (Lipinski definition) is 4. The molecule has 2 saturated carbocycles. The van der Waals surface area contributed by atoms with E-state index in [1.807, 2.05) is 6.07 Å². The first-order chi connectivity index (χ1) is 12.6. The Kier molecular flexibility index (Phi) is 4.78. The zero-order chi connectivity index (χ0) is 18.1. The Morgan fingerprint density at radius 3 is 2.50 bits per heavy atom. The molecule has 1 saturated heterocycles. The van der Waals surface area contributed by atoms with Crippen LogP contribution in [0.1, 0.15) is 69.0 Å². The minimum absolute atomic E-state index is 0.0279. The van der Waals surface area contributed by atoms with Crippen LogP contribution in [-0.4, -0.2) is 34.2 Å². The van der Waals surface area contributed by atoms with Gasteiger partial charge in [0.05, 0.1) is 17.7 Å². The van der Waals surface area contributed by atoms with E-state index in [0.717, 1.165) is 31.4 Å². The van der Waals surface area contributed by atoms with Gasteiger partial charge >= 0.3 is 0 Å². The zero-order valence-corrected chi connectivity index (χ0v) is 14.9. The number of carbonyl (C=O) groups is 2. The normalized spacial score (nSPS) is 29.1. The number of hydrogen-bond donors (Lipinski definition) is 2. The largest absolute Gasteiger partial charge is 0.355 e. The first-order valence-electron chi connectivity index (χ1n) is 9.77. The number of amides is 2. The lowest BCUT2D eigenvalue weighted by Crippen LogP contribution is -2.47. The summed E-state index contributed by atoms with van der Waals surface area (Å²) in [6, 6.07) is 3.79. The quantitative estimate of drug-likeness (QED) is 0.847. The van der Waals surface area contributed by atoms with Gasteiger partial charge in [-0.25, -0.2) is 4.68 Å². The Bertz CT molecular complexity index is 737. The second-order valence-corrected chi connectivity index (χ2v) is 7.87. The van der Waals surface area contributed by atoms with Crippen LogP contribution >= 0.6 is 0 Å². The Labute approximate surface area is 152 Å². The van der Waals surface area contributed by atoms with Gasteiger partial charge in [0, 0.05) is 31.0 Å². The molecule has 1 aromatic heterocycles. The van der Waals surface area contributed by atoms with E-state index in [0.29, 0.717) is 25.3 Å². The van der Waals surface area contributed by atoms with E-state index in [1.165, 1.54) is 12.8 Å². The molecule has 4 rings (SSSR count). The second-order valence-electron chi connectivity index (χ2n) is 7.87. The fraction of sp³-hybridized carbons (Fsp3) is 0.684. The first-order valence-corrected chi connectivity index (χ1v) is 9.77. The number of carbonyl (C=O) groups excluding carboxylic acids is 2. The molecule has 0 radical (unpaired) electrons. The minimum Gasteiger partial charge on any atom is -0.355 e. The number of piperidine rings is 1. The van der Waals surface area contributed by atoms with Gasteiger partial charge in [-0.1, -0.05) is 0 Å². The summed E-state index contributed by atoms with van der Waals surface area (Å²) in [5.41, 5.74) is 1.01. The SMILES string of the molecule is O=C1CCC(C(=O)NC2CCC(n3nc(C4CC4)ccc3=O)CC2)CN1. The Hall–Kier alpha value is -2.18. The van der Waals surface area contributed by atoms with Crippen molar-refractivity contribution in [3.8, 4) is 0 Å². The van der Waals surface area contributed by atoms with Crippen molar-refractivity contribution in [1.82, 2.24) is 20.4 Å². The number of nitrogens with one attached hydrogen (secondary N) is 2. The first kappa shape index (κ1) is 17.2. The summed E-state index contributed by atoms with van der Waals surface area (Å²) in [6.45, 7) is 0.438. The Morgan fingerprint density at radius 2 is 1.85 bits per heavy atom. The Morgan fingerprint density at radius 1 is 1.08 bits per heavy atom. The van der Waals surface area contributed by atoms with Crippen molar-refractivity contribution in [2.24, 2.45) is 5.92 Å². The van der Waals surface area contributed by atoms with Gasteiger partial charge in [0.2, 0.25) is 11.8 Å². The summed E-state index contributed by atoms with van der Waals surface area (Å²) in [7, 11) is 0. The highest BCUT2D eigenvalue weighted by atomic mass is 16.2. The molecule has 7 nitrogen and oxygen atoms in total.